The first-order chi connectivity index (χ1) is 10.0. The molecule has 0 aromatic carbocycles. The van der Waals surface area contributed by atoms with Crippen LogP contribution in [-0.4, -0.2) is 17.0 Å². The van der Waals surface area contributed by atoms with Crippen molar-refractivity contribution in [1.29, 1.82) is 0 Å². The number of hydrogen-bond acceptors (Lipinski definition) is 2. The van der Waals surface area contributed by atoms with Gasteiger partial charge in [-0.1, -0.05) is 19.4 Å². The topological polar surface area (TPSA) is 37.3 Å². The molecule has 2 heteroatoms. The molecule has 2 nitrogen and oxygen atoms in total. The molecule has 21 heavy (non-hydrogen) atoms. The van der Waals surface area contributed by atoms with Crippen molar-refractivity contribution in [3.05, 3.63) is 11.6 Å². The monoisotopic (exact) mass is 288 g/mol. The van der Waals surface area contributed by atoms with Crippen LogP contribution in [0.2, 0.25) is 0 Å². The molecule has 0 aliphatic heterocycles. The molecule has 4 aliphatic carbocycles. The summed E-state index contributed by atoms with van der Waals surface area (Å²) >= 11 is 0. The molecule has 1 unspecified atom stereocenters. The first-order valence-corrected chi connectivity index (χ1v) is 8.92. The van der Waals surface area contributed by atoms with Gasteiger partial charge < -0.3 is 5.11 Å². The predicted octanol–water partition coefficient (Wildman–Crippen LogP) is 3.74. The molecule has 3 saturated carbocycles. The van der Waals surface area contributed by atoms with Gasteiger partial charge in [-0.3, -0.25) is 4.79 Å². The molecule has 3 fully saturated rings. The molecule has 4 rings (SSSR count). The number of aliphatic hydroxyl groups excluding tert-OH is 1. The highest BCUT2D eigenvalue weighted by molar-refractivity contribution is 5.91. The Balaban J connectivity index is 1.64. The maximum absolute atomic E-state index is 11.7. The van der Waals surface area contributed by atoms with Crippen LogP contribution in [-0.2, 0) is 4.79 Å². The normalized spacial score (nSPS) is 52.7. The van der Waals surface area contributed by atoms with Crippen molar-refractivity contribution in [2.75, 3.05) is 0 Å². The maximum Gasteiger partial charge on any atom is 0.155 e. The highest BCUT2D eigenvalue weighted by Gasteiger charge is 2.57. The van der Waals surface area contributed by atoms with E-state index in [2.05, 4.69) is 13.8 Å². The molecule has 0 spiro atoms. The van der Waals surface area contributed by atoms with Crippen molar-refractivity contribution in [2.45, 2.75) is 64.9 Å². The minimum absolute atomic E-state index is 0.103. The molecule has 0 heterocycles. The summed E-state index contributed by atoms with van der Waals surface area (Å²) in [6.07, 6.45) is 9.77. The van der Waals surface area contributed by atoms with E-state index in [1.54, 1.807) is 0 Å². The SMILES string of the molecule is C[C@H]1C[C@H]2[C@@H]3CCC4=CC(=O)CCC4[C@H]3CC[C@]2(C)[C@H]1O. The van der Waals surface area contributed by atoms with Crippen LogP contribution in [0.5, 0.6) is 0 Å². The lowest BCUT2D eigenvalue weighted by Gasteiger charge is -2.53. The van der Waals surface area contributed by atoms with Crippen molar-refractivity contribution >= 4 is 5.78 Å². The van der Waals surface area contributed by atoms with Gasteiger partial charge in [0.1, 0.15) is 0 Å². The van der Waals surface area contributed by atoms with E-state index in [0.717, 1.165) is 31.1 Å². The zero-order chi connectivity index (χ0) is 14.8. The fraction of sp³-hybridized carbons (Fsp3) is 0.842. The Morgan fingerprint density at radius 2 is 2.00 bits per heavy atom. The fourth-order valence-electron chi connectivity index (χ4n) is 6.52. The average molecular weight is 288 g/mol. The van der Waals surface area contributed by atoms with Crippen LogP contribution < -0.4 is 0 Å². The second-order valence-corrected chi connectivity index (χ2v) is 8.51. The van der Waals surface area contributed by atoms with Gasteiger partial charge in [0.2, 0.25) is 0 Å². The number of hydrogen-bond donors (Lipinski definition) is 1. The first-order valence-electron chi connectivity index (χ1n) is 8.92. The third-order valence-electron chi connectivity index (χ3n) is 7.58. The van der Waals surface area contributed by atoms with Gasteiger partial charge in [0.05, 0.1) is 6.10 Å². The van der Waals surface area contributed by atoms with Crippen molar-refractivity contribution in [2.24, 2.45) is 35.0 Å². The van der Waals surface area contributed by atoms with Crippen LogP contribution in [0.3, 0.4) is 0 Å². The van der Waals surface area contributed by atoms with E-state index in [1.807, 2.05) is 6.08 Å². The summed E-state index contributed by atoms with van der Waals surface area (Å²) in [4.78, 5) is 11.7. The molecule has 1 N–H and O–H groups in total. The Hall–Kier alpha value is -0.630. The van der Waals surface area contributed by atoms with Crippen LogP contribution in [0.15, 0.2) is 11.6 Å². The summed E-state index contributed by atoms with van der Waals surface area (Å²) in [6, 6.07) is 0. The molecule has 4 aliphatic rings. The molecule has 7 atom stereocenters. The Morgan fingerprint density at radius 3 is 2.81 bits per heavy atom. The number of carbonyl (C=O) groups is 1. The van der Waals surface area contributed by atoms with Crippen molar-refractivity contribution in [1.82, 2.24) is 0 Å². The predicted molar refractivity (Wildman–Crippen MR) is 82.6 cm³/mol. The van der Waals surface area contributed by atoms with Crippen molar-refractivity contribution < 1.29 is 9.90 Å². The summed E-state index contributed by atoms with van der Waals surface area (Å²) in [5.41, 5.74) is 1.62. The largest absolute Gasteiger partial charge is 0.392 e. The highest BCUT2D eigenvalue weighted by Crippen LogP contribution is 2.62. The summed E-state index contributed by atoms with van der Waals surface area (Å²) in [5.74, 6) is 3.78. The smallest absolute Gasteiger partial charge is 0.155 e. The number of fused-ring (bicyclic) bond motifs is 5. The number of aliphatic hydroxyl groups is 1. The number of rotatable bonds is 0. The third kappa shape index (κ3) is 1.91. The van der Waals surface area contributed by atoms with E-state index in [-0.39, 0.29) is 11.5 Å². The van der Waals surface area contributed by atoms with Gasteiger partial charge in [0, 0.05) is 6.42 Å². The quantitative estimate of drug-likeness (QED) is 0.737. The Morgan fingerprint density at radius 1 is 1.19 bits per heavy atom. The van der Waals surface area contributed by atoms with Crippen LogP contribution in [0.4, 0.5) is 0 Å². The average Bonchev–Trinajstić information content (AvgIpc) is 2.70. The standard InChI is InChI=1S/C19H28O2/c1-11-9-17-16-5-3-12-10-13(20)4-6-14(12)15(16)7-8-19(17,2)18(11)21/h10-11,14-18,21H,3-9H2,1-2H3/t11-,14?,15+,16+,17-,18-,19-/m0/s1. The van der Waals surface area contributed by atoms with E-state index in [1.165, 1.54) is 31.3 Å². The lowest BCUT2D eigenvalue weighted by atomic mass is 9.52. The summed E-state index contributed by atoms with van der Waals surface area (Å²) in [5, 5.41) is 10.7. The molecule has 0 amide bonds. The third-order valence-corrected chi connectivity index (χ3v) is 7.58. The first kappa shape index (κ1) is 14.0. The maximum atomic E-state index is 11.7. The fourth-order valence-corrected chi connectivity index (χ4v) is 6.52. The van der Waals surface area contributed by atoms with Crippen LogP contribution >= 0.6 is 0 Å². The number of ketones is 1. The van der Waals surface area contributed by atoms with Gasteiger partial charge in [-0.05, 0) is 79.6 Å². The summed E-state index contributed by atoms with van der Waals surface area (Å²) < 4.78 is 0. The molecule has 0 radical (unpaired) electrons. The minimum Gasteiger partial charge on any atom is -0.392 e. The van der Waals surface area contributed by atoms with Gasteiger partial charge >= 0.3 is 0 Å². The highest BCUT2D eigenvalue weighted by atomic mass is 16.3. The van der Waals surface area contributed by atoms with E-state index < -0.39 is 0 Å². The Kier molecular flexibility index (Phi) is 3.12. The molecular formula is C19H28O2. The lowest BCUT2D eigenvalue weighted by molar-refractivity contribution is -0.116. The van der Waals surface area contributed by atoms with Crippen LogP contribution in [0.25, 0.3) is 0 Å². The van der Waals surface area contributed by atoms with Gasteiger partial charge in [0.15, 0.2) is 5.78 Å². The van der Waals surface area contributed by atoms with E-state index >= 15 is 0 Å². The van der Waals surface area contributed by atoms with Gasteiger partial charge in [-0.15, -0.1) is 0 Å². The second-order valence-electron chi connectivity index (χ2n) is 8.51. The van der Waals surface area contributed by atoms with Gasteiger partial charge in [-0.2, -0.15) is 0 Å². The van der Waals surface area contributed by atoms with E-state index in [0.29, 0.717) is 23.5 Å². The molecule has 0 saturated heterocycles. The van der Waals surface area contributed by atoms with Gasteiger partial charge in [0.25, 0.3) is 0 Å². The van der Waals surface area contributed by atoms with E-state index in [4.69, 9.17) is 0 Å². The van der Waals surface area contributed by atoms with Crippen LogP contribution in [0.1, 0.15) is 58.8 Å². The molecular weight excluding hydrogens is 260 g/mol. The van der Waals surface area contributed by atoms with Crippen LogP contribution in [0, 0.1) is 35.0 Å². The zero-order valence-corrected chi connectivity index (χ0v) is 13.3. The number of allylic oxidation sites excluding steroid dienone is 1. The Bertz CT molecular complexity index is 494. The minimum atomic E-state index is -0.103. The molecule has 0 aromatic heterocycles. The Labute approximate surface area is 128 Å². The van der Waals surface area contributed by atoms with E-state index in [9.17, 15) is 9.90 Å². The summed E-state index contributed by atoms with van der Waals surface area (Å²) in [6.45, 7) is 4.58. The molecule has 0 aromatic rings. The lowest BCUT2D eigenvalue weighted by Crippen LogP contribution is -2.47. The molecule has 116 valence electrons. The second kappa shape index (κ2) is 4.68. The van der Waals surface area contributed by atoms with Gasteiger partial charge in [-0.25, -0.2) is 0 Å². The summed E-state index contributed by atoms with van der Waals surface area (Å²) in [7, 11) is 0. The zero-order valence-electron chi connectivity index (χ0n) is 13.3. The van der Waals surface area contributed by atoms with Crippen molar-refractivity contribution in [3.8, 4) is 0 Å². The van der Waals surface area contributed by atoms with Crippen molar-refractivity contribution in [3.63, 3.8) is 0 Å². The molecule has 0 bridgehead atoms. The number of carbonyl (C=O) groups excluding carboxylic acids is 1.